The van der Waals surface area contributed by atoms with Gasteiger partial charge in [0.2, 0.25) is 0 Å². The lowest BCUT2D eigenvalue weighted by Crippen LogP contribution is -2.25. The molecule has 0 saturated heterocycles. The molecule has 0 spiro atoms. The number of nitrogens with zero attached hydrogens (tertiary/aromatic N) is 2. The molecule has 1 aliphatic heterocycles. The molecule has 3 nitrogen and oxygen atoms in total. The lowest BCUT2D eigenvalue weighted by molar-refractivity contribution is 0.495. The number of fused-ring (bicyclic) bond motifs is 1. The van der Waals surface area contributed by atoms with E-state index in [1.54, 1.807) is 23.9 Å². The van der Waals surface area contributed by atoms with Crippen LogP contribution in [-0.2, 0) is 13.6 Å². The van der Waals surface area contributed by atoms with E-state index >= 15 is 0 Å². The van der Waals surface area contributed by atoms with Crippen LogP contribution in [0.1, 0.15) is 35.0 Å². The van der Waals surface area contributed by atoms with Gasteiger partial charge < -0.3 is 5.32 Å². The highest BCUT2D eigenvalue weighted by atomic mass is 32.2. The van der Waals surface area contributed by atoms with Gasteiger partial charge >= 0.3 is 0 Å². The van der Waals surface area contributed by atoms with Crippen LogP contribution in [0.25, 0.3) is 0 Å². The second-order valence-electron chi connectivity index (χ2n) is 5.50. The number of benzene rings is 1. The van der Waals surface area contributed by atoms with E-state index in [9.17, 15) is 4.39 Å². The maximum atomic E-state index is 13.9. The number of hydrogen-bond donors (Lipinski definition) is 1. The highest BCUT2D eigenvalue weighted by Gasteiger charge is 2.23. The van der Waals surface area contributed by atoms with Crippen molar-refractivity contribution >= 4 is 11.8 Å². The Labute approximate surface area is 128 Å². The number of aromatic nitrogens is 2. The first-order valence-corrected chi connectivity index (χ1v) is 8.20. The smallest absolute Gasteiger partial charge is 0.137 e. The molecule has 0 unspecified atom stereocenters. The van der Waals surface area contributed by atoms with Gasteiger partial charge in [-0.3, -0.25) is 4.68 Å². The van der Waals surface area contributed by atoms with E-state index < -0.39 is 0 Å². The van der Waals surface area contributed by atoms with Gasteiger partial charge in [0.25, 0.3) is 0 Å². The zero-order valence-corrected chi connectivity index (χ0v) is 13.4. The van der Waals surface area contributed by atoms with Gasteiger partial charge in [0.1, 0.15) is 5.82 Å². The van der Waals surface area contributed by atoms with E-state index in [1.165, 1.54) is 11.3 Å². The van der Waals surface area contributed by atoms with Crippen LogP contribution in [0.4, 0.5) is 4.39 Å². The van der Waals surface area contributed by atoms with Crippen LogP contribution in [-0.4, -0.2) is 15.5 Å². The summed E-state index contributed by atoms with van der Waals surface area (Å²) in [5.41, 5.74) is 4.58. The van der Waals surface area contributed by atoms with Crippen molar-refractivity contribution < 1.29 is 4.39 Å². The minimum absolute atomic E-state index is 0.0993. The van der Waals surface area contributed by atoms with Crippen LogP contribution in [0.5, 0.6) is 0 Å². The van der Waals surface area contributed by atoms with Crippen molar-refractivity contribution in [2.45, 2.75) is 37.8 Å². The van der Waals surface area contributed by atoms with Crippen LogP contribution >= 0.6 is 11.8 Å². The molecule has 3 rings (SSSR count). The largest absolute Gasteiger partial charge is 0.306 e. The van der Waals surface area contributed by atoms with Crippen molar-refractivity contribution in [1.82, 2.24) is 15.1 Å². The maximum Gasteiger partial charge on any atom is 0.137 e. The second-order valence-corrected chi connectivity index (χ2v) is 6.61. The number of nitrogens with one attached hydrogen (secondary N) is 1. The van der Waals surface area contributed by atoms with Crippen molar-refractivity contribution in [3.05, 3.63) is 46.5 Å². The molecule has 0 amide bonds. The van der Waals surface area contributed by atoms with E-state index in [0.29, 0.717) is 0 Å². The Morgan fingerprint density at radius 3 is 2.95 bits per heavy atom. The third kappa shape index (κ3) is 2.72. The summed E-state index contributed by atoms with van der Waals surface area (Å²) < 4.78 is 15.8. The van der Waals surface area contributed by atoms with Crippen LogP contribution < -0.4 is 5.32 Å². The summed E-state index contributed by atoms with van der Waals surface area (Å²) in [7, 11) is 1.97. The van der Waals surface area contributed by atoms with Gasteiger partial charge in [0, 0.05) is 35.8 Å². The topological polar surface area (TPSA) is 29.9 Å². The Hall–Kier alpha value is -1.33. The van der Waals surface area contributed by atoms with Gasteiger partial charge in [-0.25, -0.2) is 4.39 Å². The van der Waals surface area contributed by atoms with E-state index in [2.05, 4.69) is 17.3 Å². The van der Waals surface area contributed by atoms with Gasteiger partial charge in [-0.15, -0.1) is 11.8 Å². The Morgan fingerprint density at radius 2 is 2.24 bits per heavy atom. The molecule has 2 aromatic rings. The number of thioether (sulfide) groups is 1. The van der Waals surface area contributed by atoms with E-state index in [0.717, 1.165) is 34.9 Å². The predicted molar refractivity (Wildman–Crippen MR) is 84.0 cm³/mol. The van der Waals surface area contributed by atoms with Crippen molar-refractivity contribution in [3.8, 4) is 0 Å². The Morgan fingerprint density at radius 1 is 1.43 bits per heavy atom. The summed E-state index contributed by atoms with van der Waals surface area (Å²) >= 11 is 1.62. The fraction of sp³-hybridized carbons (Fsp3) is 0.438. The molecular formula is C16H20FN3S. The Kier molecular flexibility index (Phi) is 4.04. The number of rotatable bonds is 3. The monoisotopic (exact) mass is 305 g/mol. The quantitative estimate of drug-likeness (QED) is 0.941. The molecule has 1 aromatic carbocycles. The molecule has 1 atom stereocenters. The molecule has 0 aliphatic carbocycles. The Bertz CT molecular complexity index is 666. The molecule has 1 aromatic heterocycles. The normalized spacial score (nSPS) is 17.8. The summed E-state index contributed by atoms with van der Waals surface area (Å²) in [6.45, 7) is 4.90. The lowest BCUT2D eigenvalue weighted by Gasteiger charge is -2.26. The molecule has 1 aliphatic rings. The molecule has 0 radical (unpaired) electrons. The van der Waals surface area contributed by atoms with Gasteiger partial charge in [-0.2, -0.15) is 5.10 Å². The van der Waals surface area contributed by atoms with Gasteiger partial charge in [0.05, 0.1) is 5.69 Å². The maximum absolute atomic E-state index is 13.9. The zero-order chi connectivity index (χ0) is 15.0. The summed E-state index contributed by atoms with van der Waals surface area (Å²) in [5, 5.41) is 8.03. The van der Waals surface area contributed by atoms with Gasteiger partial charge in [0.15, 0.2) is 0 Å². The molecule has 0 saturated carbocycles. The molecule has 1 N–H and O–H groups in total. The average Bonchev–Trinajstić information content (AvgIpc) is 2.71. The SMILES string of the molecule is Cc1nn(C)c(C)c1CN[C@@H]1CCSc2c(F)cccc21. The van der Waals surface area contributed by atoms with Gasteiger partial charge in [-0.1, -0.05) is 12.1 Å². The van der Waals surface area contributed by atoms with E-state index in [1.807, 2.05) is 24.7 Å². The summed E-state index contributed by atoms with van der Waals surface area (Å²) in [6.07, 6.45) is 1.03. The van der Waals surface area contributed by atoms with Gasteiger partial charge in [-0.05, 0) is 37.7 Å². The third-order valence-corrected chi connectivity index (χ3v) is 5.37. The summed E-state index contributed by atoms with van der Waals surface area (Å²) in [4.78, 5) is 0.806. The van der Waals surface area contributed by atoms with Crippen LogP contribution in [0, 0.1) is 19.7 Å². The Balaban J connectivity index is 1.80. The number of hydrogen-bond acceptors (Lipinski definition) is 3. The van der Waals surface area contributed by atoms with E-state index in [4.69, 9.17) is 0 Å². The number of aryl methyl sites for hydroxylation is 2. The fourth-order valence-electron chi connectivity index (χ4n) is 2.90. The minimum Gasteiger partial charge on any atom is -0.306 e. The standard InChI is InChI=1S/C16H20FN3S/c1-10-13(11(2)20(3)19-10)9-18-15-7-8-21-16-12(15)5-4-6-14(16)17/h4-6,15,18H,7-9H2,1-3H3/t15-/m1/s1. The highest BCUT2D eigenvalue weighted by molar-refractivity contribution is 7.99. The van der Waals surface area contributed by atoms with Crippen LogP contribution in [0.15, 0.2) is 23.1 Å². The van der Waals surface area contributed by atoms with E-state index in [-0.39, 0.29) is 11.9 Å². The predicted octanol–water partition coefficient (Wildman–Crippen LogP) is 3.50. The fourth-order valence-corrected chi connectivity index (χ4v) is 4.04. The van der Waals surface area contributed by atoms with Crippen molar-refractivity contribution in [1.29, 1.82) is 0 Å². The average molecular weight is 305 g/mol. The number of halogens is 1. The molecule has 0 bridgehead atoms. The van der Waals surface area contributed by atoms with Crippen molar-refractivity contribution in [2.24, 2.45) is 7.05 Å². The molecule has 5 heteroatoms. The molecule has 112 valence electrons. The first-order chi connectivity index (χ1) is 10.1. The second kappa shape index (κ2) is 5.81. The molecule has 0 fully saturated rings. The summed E-state index contributed by atoms with van der Waals surface area (Å²) in [5.74, 6) is 0.856. The van der Waals surface area contributed by atoms with Crippen molar-refractivity contribution in [2.75, 3.05) is 5.75 Å². The van der Waals surface area contributed by atoms with Crippen LogP contribution in [0.3, 0.4) is 0 Å². The summed E-state index contributed by atoms with van der Waals surface area (Å²) in [6, 6.07) is 5.60. The first-order valence-electron chi connectivity index (χ1n) is 7.21. The third-order valence-electron chi connectivity index (χ3n) is 4.21. The lowest BCUT2D eigenvalue weighted by atomic mass is 10.0. The molecule has 2 heterocycles. The zero-order valence-electron chi connectivity index (χ0n) is 12.6. The molecular weight excluding hydrogens is 285 g/mol. The first kappa shape index (κ1) is 14.6. The molecule has 21 heavy (non-hydrogen) atoms. The van der Waals surface area contributed by atoms with Crippen LogP contribution in [0.2, 0.25) is 0 Å². The highest BCUT2D eigenvalue weighted by Crippen LogP contribution is 2.37. The van der Waals surface area contributed by atoms with Crippen molar-refractivity contribution in [3.63, 3.8) is 0 Å². The minimum atomic E-state index is -0.0993.